The lowest BCUT2D eigenvalue weighted by atomic mass is 10.1. The summed E-state index contributed by atoms with van der Waals surface area (Å²) >= 11 is 0. The molecule has 1 saturated heterocycles. The lowest BCUT2D eigenvalue weighted by molar-refractivity contribution is -0.149. The number of alkyl carbamates (subject to hydrolysis) is 1. The van der Waals surface area contributed by atoms with Gasteiger partial charge in [0.2, 0.25) is 0 Å². The number of carbonyl (C=O) groups excluding carboxylic acids is 2. The number of ether oxygens (including phenoxy) is 4. The average molecular weight is 480 g/mol. The summed E-state index contributed by atoms with van der Waals surface area (Å²) in [5.41, 5.74) is 0.994. The Hall–Kier alpha value is -4.07. The molecule has 1 aliphatic rings. The highest BCUT2D eigenvalue weighted by Gasteiger charge is 2.51. The summed E-state index contributed by atoms with van der Waals surface area (Å²) in [6.45, 7) is 2.95. The second-order valence-corrected chi connectivity index (χ2v) is 7.95. The molecule has 4 rings (SSSR count). The van der Waals surface area contributed by atoms with Gasteiger partial charge in [0, 0.05) is 12.0 Å². The van der Waals surface area contributed by atoms with Crippen molar-refractivity contribution in [3.8, 4) is 23.0 Å². The number of amides is 2. The molecule has 1 atom stereocenters. The second-order valence-electron chi connectivity index (χ2n) is 7.95. The first-order chi connectivity index (χ1) is 17.0. The predicted octanol–water partition coefficient (Wildman–Crippen LogP) is 5.67. The maximum Gasteiger partial charge on any atom is 0.417 e. The van der Waals surface area contributed by atoms with Gasteiger partial charge < -0.3 is 18.9 Å². The Balaban J connectivity index is 1.26. The summed E-state index contributed by atoms with van der Waals surface area (Å²) < 4.78 is 36.7. The summed E-state index contributed by atoms with van der Waals surface area (Å²) in [6.07, 6.45) is 1.36. The van der Waals surface area contributed by atoms with E-state index in [1.54, 1.807) is 5.32 Å². The number of benzene rings is 3. The molecule has 3 aromatic carbocycles. The van der Waals surface area contributed by atoms with E-state index >= 15 is 0 Å². The molecule has 0 bridgehead atoms. The van der Waals surface area contributed by atoms with Gasteiger partial charge in [-0.15, -0.1) is 0 Å². The maximum atomic E-state index is 14.6. The van der Waals surface area contributed by atoms with E-state index in [2.05, 4.69) is 11.7 Å². The first-order valence-electron chi connectivity index (χ1n) is 11.4. The number of rotatable bonds is 11. The fraction of sp³-hybridized carbons (Fsp3) is 0.259. The van der Waals surface area contributed by atoms with Crippen molar-refractivity contribution in [2.24, 2.45) is 0 Å². The molecule has 1 unspecified atom stereocenters. The molecule has 182 valence electrons. The third-order valence-electron chi connectivity index (χ3n) is 5.31. The van der Waals surface area contributed by atoms with Crippen molar-refractivity contribution in [3.63, 3.8) is 0 Å². The van der Waals surface area contributed by atoms with Gasteiger partial charge in [-0.1, -0.05) is 31.5 Å². The molecule has 3 aromatic rings. The van der Waals surface area contributed by atoms with Crippen LogP contribution in [0.2, 0.25) is 0 Å². The number of hydrogen-bond donors (Lipinski definition) is 1. The molecule has 8 heteroatoms. The summed E-state index contributed by atoms with van der Waals surface area (Å²) in [7, 11) is 0. The van der Waals surface area contributed by atoms with E-state index in [0.717, 1.165) is 35.7 Å². The lowest BCUT2D eigenvalue weighted by Crippen LogP contribution is -2.31. The van der Waals surface area contributed by atoms with Gasteiger partial charge in [0.05, 0.1) is 13.2 Å². The minimum Gasteiger partial charge on any atom is -0.493 e. The van der Waals surface area contributed by atoms with Crippen molar-refractivity contribution in [2.75, 3.05) is 13.2 Å². The SMILES string of the molecule is CCCc1cc(Oc2ccccc2)ccc1OCCCOc1ccc(C2(F)OC(=O)NC2=O)cc1. The zero-order valence-electron chi connectivity index (χ0n) is 19.3. The van der Waals surface area contributed by atoms with Crippen LogP contribution in [0, 0.1) is 0 Å². The summed E-state index contributed by atoms with van der Waals surface area (Å²) in [4.78, 5) is 22.8. The molecule has 1 aliphatic heterocycles. The normalized spacial score (nSPS) is 17.0. The van der Waals surface area contributed by atoms with Crippen molar-refractivity contribution in [1.82, 2.24) is 5.32 Å². The predicted molar refractivity (Wildman–Crippen MR) is 126 cm³/mol. The molecule has 7 nitrogen and oxygen atoms in total. The molecule has 0 saturated carbocycles. The highest BCUT2D eigenvalue weighted by molar-refractivity contribution is 6.02. The molecule has 1 N–H and O–H groups in total. The first kappa shape index (κ1) is 24.1. The topological polar surface area (TPSA) is 83.1 Å². The Morgan fingerprint density at radius 3 is 2.29 bits per heavy atom. The van der Waals surface area contributed by atoms with Crippen molar-refractivity contribution in [1.29, 1.82) is 0 Å². The van der Waals surface area contributed by atoms with Crippen molar-refractivity contribution in [2.45, 2.75) is 32.0 Å². The molecule has 2 amide bonds. The van der Waals surface area contributed by atoms with Gasteiger partial charge in [-0.25, -0.2) is 4.79 Å². The number of alkyl halides is 1. The van der Waals surface area contributed by atoms with Gasteiger partial charge in [0.25, 0.3) is 0 Å². The van der Waals surface area contributed by atoms with Crippen LogP contribution >= 0.6 is 0 Å². The van der Waals surface area contributed by atoms with Crippen LogP contribution in [-0.2, 0) is 21.8 Å². The molecule has 0 aliphatic carbocycles. The molecule has 35 heavy (non-hydrogen) atoms. The van der Waals surface area contributed by atoms with Crippen LogP contribution in [0.3, 0.4) is 0 Å². The smallest absolute Gasteiger partial charge is 0.417 e. The van der Waals surface area contributed by atoms with Gasteiger partial charge in [-0.05, 0) is 66.6 Å². The maximum absolute atomic E-state index is 14.6. The van der Waals surface area contributed by atoms with E-state index in [9.17, 15) is 14.0 Å². The summed E-state index contributed by atoms with van der Waals surface area (Å²) in [6, 6.07) is 21.2. The van der Waals surface area contributed by atoms with E-state index in [4.69, 9.17) is 14.2 Å². The number of nitrogens with one attached hydrogen (secondary N) is 1. The lowest BCUT2D eigenvalue weighted by Gasteiger charge is -2.16. The zero-order chi connectivity index (χ0) is 24.7. The quantitative estimate of drug-likeness (QED) is 0.357. The van der Waals surface area contributed by atoms with Gasteiger partial charge in [-0.2, -0.15) is 4.39 Å². The van der Waals surface area contributed by atoms with Gasteiger partial charge in [-0.3, -0.25) is 10.1 Å². The van der Waals surface area contributed by atoms with Crippen molar-refractivity contribution in [3.05, 3.63) is 83.9 Å². The largest absolute Gasteiger partial charge is 0.493 e. The number of hydrogen-bond acceptors (Lipinski definition) is 6. The van der Waals surface area contributed by atoms with Crippen LogP contribution in [0.25, 0.3) is 0 Å². The average Bonchev–Trinajstić information content (AvgIpc) is 3.13. The fourth-order valence-electron chi connectivity index (χ4n) is 3.61. The Morgan fingerprint density at radius 2 is 1.60 bits per heavy atom. The van der Waals surface area contributed by atoms with Crippen molar-refractivity contribution < 1.29 is 32.9 Å². The van der Waals surface area contributed by atoms with Crippen LogP contribution in [-0.4, -0.2) is 25.2 Å². The van der Waals surface area contributed by atoms with Crippen LogP contribution in [0.15, 0.2) is 72.8 Å². The zero-order valence-corrected chi connectivity index (χ0v) is 19.3. The fourth-order valence-corrected chi connectivity index (χ4v) is 3.61. The number of halogens is 1. The van der Waals surface area contributed by atoms with Gasteiger partial charge in [0.1, 0.15) is 23.0 Å². The number of aryl methyl sites for hydroxylation is 1. The van der Waals surface area contributed by atoms with E-state index in [1.165, 1.54) is 24.3 Å². The summed E-state index contributed by atoms with van der Waals surface area (Å²) in [5.74, 6) is -1.11. The number of carbonyl (C=O) groups is 2. The first-order valence-corrected chi connectivity index (χ1v) is 11.4. The van der Waals surface area contributed by atoms with Crippen LogP contribution in [0.1, 0.15) is 30.9 Å². The summed E-state index contributed by atoms with van der Waals surface area (Å²) in [5, 5.41) is 1.78. The molecular formula is C27H26FNO6. The Bertz CT molecular complexity index is 1170. The van der Waals surface area contributed by atoms with Gasteiger partial charge in [0.15, 0.2) is 0 Å². The Labute approximate surface area is 202 Å². The third-order valence-corrected chi connectivity index (χ3v) is 5.31. The van der Waals surface area contributed by atoms with E-state index in [0.29, 0.717) is 25.4 Å². The van der Waals surface area contributed by atoms with E-state index < -0.39 is 17.9 Å². The molecule has 0 radical (unpaired) electrons. The highest BCUT2D eigenvalue weighted by atomic mass is 19.2. The van der Waals surface area contributed by atoms with Crippen LogP contribution in [0.5, 0.6) is 23.0 Å². The molecule has 1 heterocycles. The minimum absolute atomic E-state index is 0.0836. The van der Waals surface area contributed by atoms with Crippen LogP contribution < -0.4 is 19.5 Å². The highest BCUT2D eigenvalue weighted by Crippen LogP contribution is 2.33. The molecular weight excluding hydrogens is 453 g/mol. The van der Waals surface area contributed by atoms with Crippen LogP contribution in [0.4, 0.5) is 9.18 Å². The van der Waals surface area contributed by atoms with E-state index in [-0.39, 0.29) is 5.56 Å². The Morgan fingerprint density at radius 1 is 0.886 bits per heavy atom. The number of para-hydroxylation sites is 1. The Kier molecular flexibility index (Phi) is 7.50. The minimum atomic E-state index is -2.82. The molecule has 1 fully saturated rings. The molecule has 0 spiro atoms. The van der Waals surface area contributed by atoms with Gasteiger partial charge >= 0.3 is 17.9 Å². The standard InChI is InChI=1S/C27H26FNO6/c1-2-7-19-18-23(34-22-8-4-3-5-9-22)14-15-24(19)33-17-6-16-32-21-12-10-20(11-13-21)27(28)25(30)29-26(31)35-27/h3-5,8-15,18H,2,6-7,16-17H2,1H3,(H,29,30,31). The monoisotopic (exact) mass is 479 g/mol. The third kappa shape index (κ3) is 5.90. The number of imide groups is 1. The van der Waals surface area contributed by atoms with Crippen molar-refractivity contribution >= 4 is 12.0 Å². The second kappa shape index (κ2) is 10.9. The van der Waals surface area contributed by atoms with E-state index in [1.807, 2.05) is 48.5 Å². The molecule has 0 aromatic heterocycles. The number of cyclic esters (lactones) is 1.